The van der Waals surface area contributed by atoms with E-state index in [-0.39, 0.29) is 17.7 Å². The number of rotatable bonds is 5. The number of carboxylic acid groups (broad SMARTS) is 1. The molecule has 1 aromatic carbocycles. The lowest BCUT2D eigenvalue weighted by molar-refractivity contribution is 0.0690. The highest BCUT2D eigenvalue weighted by Gasteiger charge is 2.15. The summed E-state index contributed by atoms with van der Waals surface area (Å²) >= 11 is 0. The van der Waals surface area contributed by atoms with Gasteiger partial charge in [-0.2, -0.15) is 0 Å². The maximum Gasteiger partial charge on any atom is 0.336 e. The van der Waals surface area contributed by atoms with Gasteiger partial charge < -0.3 is 15.5 Å². The molecule has 0 aliphatic rings. The van der Waals surface area contributed by atoms with Gasteiger partial charge in [-0.05, 0) is 18.6 Å². The molecule has 0 saturated heterocycles. The first-order chi connectivity index (χ1) is 8.06. The molecule has 92 valence electrons. The molecule has 0 saturated carbocycles. The summed E-state index contributed by atoms with van der Waals surface area (Å²) in [5.74, 6) is -1.64. The van der Waals surface area contributed by atoms with E-state index < -0.39 is 18.0 Å². The molecule has 0 radical (unpaired) electrons. The van der Waals surface area contributed by atoms with Crippen LogP contribution in [0.4, 0.5) is 0 Å². The minimum absolute atomic E-state index is 0.0454. The van der Waals surface area contributed by atoms with E-state index in [1.54, 1.807) is 19.1 Å². The SMILES string of the molecule is CCC(O)CNC(=O)c1ccccc1C(=O)O. The average Bonchev–Trinajstić information content (AvgIpc) is 2.35. The molecule has 3 N–H and O–H groups in total. The second-order valence-electron chi connectivity index (χ2n) is 3.62. The van der Waals surface area contributed by atoms with Crippen LogP contribution in [0.5, 0.6) is 0 Å². The van der Waals surface area contributed by atoms with Gasteiger partial charge in [0.15, 0.2) is 0 Å². The van der Waals surface area contributed by atoms with Crippen LogP contribution in [0, 0.1) is 0 Å². The maximum atomic E-state index is 11.7. The third-order valence-electron chi connectivity index (χ3n) is 2.37. The summed E-state index contributed by atoms with van der Waals surface area (Å²) in [7, 11) is 0. The van der Waals surface area contributed by atoms with Crippen LogP contribution in [0.1, 0.15) is 34.1 Å². The molecule has 0 heterocycles. The molecule has 5 heteroatoms. The summed E-state index contributed by atoms with van der Waals surface area (Å²) in [6.07, 6.45) is -0.0862. The van der Waals surface area contributed by atoms with E-state index in [1.807, 2.05) is 0 Å². The van der Waals surface area contributed by atoms with Crippen molar-refractivity contribution in [1.82, 2.24) is 5.32 Å². The van der Waals surface area contributed by atoms with Crippen molar-refractivity contribution in [3.63, 3.8) is 0 Å². The number of carbonyl (C=O) groups is 2. The van der Waals surface area contributed by atoms with Crippen molar-refractivity contribution in [2.24, 2.45) is 0 Å². The fraction of sp³-hybridized carbons (Fsp3) is 0.333. The molecule has 0 spiro atoms. The van der Waals surface area contributed by atoms with Crippen LogP contribution in [-0.2, 0) is 0 Å². The molecule has 0 aliphatic carbocycles. The van der Waals surface area contributed by atoms with Gasteiger partial charge in [-0.1, -0.05) is 19.1 Å². The Labute approximate surface area is 99.1 Å². The van der Waals surface area contributed by atoms with Crippen molar-refractivity contribution >= 4 is 11.9 Å². The Morgan fingerprint density at radius 2 is 1.88 bits per heavy atom. The fourth-order valence-electron chi connectivity index (χ4n) is 1.32. The van der Waals surface area contributed by atoms with E-state index >= 15 is 0 Å². The molecule has 17 heavy (non-hydrogen) atoms. The molecular formula is C12H15NO4. The van der Waals surface area contributed by atoms with Gasteiger partial charge in [0.2, 0.25) is 0 Å². The molecule has 0 aliphatic heterocycles. The second kappa shape index (κ2) is 6.00. The zero-order chi connectivity index (χ0) is 12.8. The van der Waals surface area contributed by atoms with Crippen LogP contribution < -0.4 is 5.32 Å². The van der Waals surface area contributed by atoms with Gasteiger partial charge in [0.05, 0.1) is 17.2 Å². The minimum atomic E-state index is -1.15. The zero-order valence-corrected chi connectivity index (χ0v) is 9.51. The number of amides is 1. The van der Waals surface area contributed by atoms with Crippen molar-refractivity contribution in [1.29, 1.82) is 0 Å². The van der Waals surface area contributed by atoms with Crippen LogP contribution in [-0.4, -0.2) is 34.7 Å². The third kappa shape index (κ3) is 3.57. The number of benzene rings is 1. The predicted octanol–water partition coefficient (Wildman–Crippen LogP) is 0.886. The zero-order valence-electron chi connectivity index (χ0n) is 9.51. The summed E-state index contributed by atoms with van der Waals surface area (Å²) in [6, 6.07) is 5.96. The topological polar surface area (TPSA) is 86.6 Å². The molecule has 1 unspecified atom stereocenters. The number of aromatic carboxylic acids is 1. The third-order valence-corrected chi connectivity index (χ3v) is 2.37. The molecule has 0 fully saturated rings. The van der Waals surface area contributed by atoms with Gasteiger partial charge >= 0.3 is 5.97 Å². The molecule has 0 aromatic heterocycles. The Bertz CT molecular complexity index is 417. The first-order valence-corrected chi connectivity index (χ1v) is 5.34. The number of hydrogen-bond donors (Lipinski definition) is 3. The van der Waals surface area contributed by atoms with E-state index in [1.165, 1.54) is 12.1 Å². The lowest BCUT2D eigenvalue weighted by Crippen LogP contribution is -2.32. The lowest BCUT2D eigenvalue weighted by Gasteiger charge is -2.10. The van der Waals surface area contributed by atoms with Crippen molar-refractivity contribution in [2.75, 3.05) is 6.54 Å². The van der Waals surface area contributed by atoms with Crippen molar-refractivity contribution in [2.45, 2.75) is 19.4 Å². The molecule has 1 aromatic rings. The van der Waals surface area contributed by atoms with Gasteiger partial charge in [-0.15, -0.1) is 0 Å². The monoisotopic (exact) mass is 237 g/mol. The number of carbonyl (C=O) groups excluding carboxylic acids is 1. The quantitative estimate of drug-likeness (QED) is 0.709. The number of aliphatic hydroxyl groups excluding tert-OH is 1. The average molecular weight is 237 g/mol. The molecule has 1 rings (SSSR count). The van der Waals surface area contributed by atoms with Crippen molar-refractivity contribution in [3.8, 4) is 0 Å². The highest BCUT2D eigenvalue weighted by molar-refractivity contribution is 6.04. The van der Waals surface area contributed by atoms with Crippen molar-refractivity contribution < 1.29 is 19.8 Å². The fourth-order valence-corrected chi connectivity index (χ4v) is 1.32. The lowest BCUT2D eigenvalue weighted by atomic mass is 10.1. The van der Waals surface area contributed by atoms with E-state index in [0.717, 1.165) is 0 Å². The Kier molecular flexibility index (Phi) is 4.66. The van der Waals surface area contributed by atoms with Crippen LogP contribution in [0.3, 0.4) is 0 Å². The van der Waals surface area contributed by atoms with Gasteiger partial charge in [0.25, 0.3) is 5.91 Å². The first-order valence-electron chi connectivity index (χ1n) is 5.34. The Morgan fingerprint density at radius 1 is 1.29 bits per heavy atom. The molecule has 5 nitrogen and oxygen atoms in total. The van der Waals surface area contributed by atoms with E-state index in [2.05, 4.69) is 5.32 Å². The predicted molar refractivity (Wildman–Crippen MR) is 62.0 cm³/mol. The second-order valence-corrected chi connectivity index (χ2v) is 3.62. The van der Waals surface area contributed by atoms with E-state index in [4.69, 9.17) is 5.11 Å². The summed E-state index contributed by atoms with van der Waals surface area (Å²) in [5, 5.41) is 20.7. The molecule has 1 amide bonds. The van der Waals surface area contributed by atoms with Gasteiger partial charge in [0, 0.05) is 6.54 Å². The van der Waals surface area contributed by atoms with E-state index in [9.17, 15) is 14.7 Å². The first kappa shape index (κ1) is 13.2. The molecule has 1 atom stereocenters. The van der Waals surface area contributed by atoms with Crippen LogP contribution >= 0.6 is 0 Å². The Morgan fingerprint density at radius 3 is 2.41 bits per heavy atom. The summed E-state index contributed by atoms with van der Waals surface area (Å²) in [5.41, 5.74) is 0.0549. The smallest absolute Gasteiger partial charge is 0.336 e. The number of hydrogen-bond acceptors (Lipinski definition) is 3. The Hall–Kier alpha value is -1.88. The maximum absolute atomic E-state index is 11.7. The van der Waals surface area contributed by atoms with Crippen LogP contribution in [0.25, 0.3) is 0 Å². The van der Waals surface area contributed by atoms with Crippen LogP contribution in [0.15, 0.2) is 24.3 Å². The Balaban J connectivity index is 2.78. The summed E-state index contributed by atoms with van der Waals surface area (Å²) < 4.78 is 0. The standard InChI is InChI=1S/C12H15NO4/c1-2-8(14)7-13-11(15)9-5-3-4-6-10(9)12(16)17/h3-6,8,14H,2,7H2,1H3,(H,13,15)(H,16,17). The van der Waals surface area contributed by atoms with Crippen molar-refractivity contribution in [3.05, 3.63) is 35.4 Å². The number of carboxylic acids is 1. The van der Waals surface area contributed by atoms with Gasteiger partial charge in [-0.3, -0.25) is 4.79 Å². The largest absolute Gasteiger partial charge is 0.478 e. The summed E-state index contributed by atoms with van der Waals surface area (Å²) in [6.45, 7) is 1.91. The van der Waals surface area contributed by atoms with Gasteiger partial charge in [-0.25, -0.2) is 4.79 Å². The molecular weight excluding hydrogens is 222 g/mol. The van der Waals surface area contributed by atoms with E-state index in [0.29, 0.717) is 6.42 Å². The highest BCUT2D eigenvalue weighted by atomic mass is 16.4. The van der Waals surface area contributed by atoms with Crippen LogP contribution in [0.2, 0.25) is 0 Å². The molecule has 0 bridgehead atoms. The summed E-state index contributed by atoms with van der Waals surface area (Å²) in [4.78, 5) is 22.6. The number of aliphatic hydroxyl groups is 1. The normalized spacial score (nSPS) is 11.9. The number of nitrogens with one attached hydrogen (secondary N) is 1. The minimum Gasteiger partial charge on any atom is -0.478 e. The highest BCUT2D eigenvalue weighted by Crippen LogP contribution is 2.08. The van der Waals surface area contributed by atoms with Gasteiger partial charge in [0.1, 0.15) is 0 Å².